The lowest BCUT2D eigenvalue weighted by Gasteiger charge is -2.25. The number of nitrogens with zero attached hydrogens (tertiary/aromatic N) is 2. The van der Waals surface area contributed by atoms with Gasteiger partial charge in [-0.3, -0.25) is 0 Å². The molecule has 0 radical (unpaired) electrons. The summed E-state index contributed by atoms with van der Waals surface area (Å²) in [4.78, 5) is 8.86. The first-order valence-corrected chi connectivity index (χ1v) is 10.7. The van der Waals surface area contributed by atoms with Crippen LogP contribution in [0.15, 0.2) is 36.7 Å². The molecule has 8 nitrogen and oxygen atoms in total. The predicted molar refractivity (Wildman–Crippen MR) is 110 cm³/mol. The van der Waals surface area contributed by atoms with Crippen LogP contribution in [0, 0.1) is 0 Å². The number of nitrogens with two attached hydrogens (primary N) is 1. The Bertz CT molecular complexity index is 1180. The zero-order chi connectivity index (χ0) is 20.6. The highest BCUT2D eigenvalue weighted by Gasteiger charge is 2.22. The van der Waals surface area contributed by atoms with Crippen molar-refractivity contribution in [1.82, 2.24) is 14.7 Å². The smallest absolute Gasteiger partial charge is 0.274 e. The fourth-order valence-electron chi connectivity index (χ4n) is 3.85. The third kappa shape index (κ3) is 4.02. The fraction of sp³-hybridized carbons (Fsp3) is 0.300. The number of benzene rings is 2. The third-order valence-electron chi connectivity index (χ3n) is 5.18. The minimum atomic E-state index is -3.70. The van der Waals surface area contributed by atoms with Gasteiger partial charge in [-0.2, -0.15) is 13.1 Å². The van der Waals surface area contributed by atoms with E-state index in [2.05, 4.69) is 20.8 Å². The molecule has 0 saturated carbocycles. The molecule has 0 bridgehead atoms. The average molecular weight is 414 g/mol. The van der Waals surface area contributed by atoms with E-state index in [0.29, 0.717) is 24.3 Å². The summed E-state index contributed by atoms with van der Waals surface area (Å²) in [7, 11) is -0.517. The number of hydrogen-bond acceptors (Lipinski definition) is 6. The van der Waals surface area contributed by atoms with Gasteiger partial charge in [0, 0.05) is 23.1 Å². The van der Waals surface area contributed by atoms with Crippen molar-refractivity contribution in [3.63, 3.8) is 0 Å². The zero-order valence-electron chi connectivity index (χ0n) is 16.2. The van der Waals surface area contributed by atoms with E-state index in [9.17, 15) is 8.42 Å². The highest BCUT2D eigenvalue weighted by Crippen LogP contribution is 2.36. The number of rotatable bonds is 5. The molecule has 0 fully saturated rings. The third-order valence-corrected chi connectivity index (χ3v) is 5.84. The van der Waals surface area contributed by atoms with Crippen LogP contribution in [0.25, 0.3) is 22.2 Å². The minimum absolute atomic E-state index is 0.181. The highest BCUT2D eigenvalue weighted by atomic mass is 32.2. The van der Waals surface area contributed by atoms with Crippen molar-refractivity contribution >= 4 is 21.1 Å². The van der Waals surface area contributed by atoms with Gasteiger partial charge in [0.15, 0.2) is 11.5 Å². The molecule has 152 valence electrons. The van der Waals surface area contributed by atoms with Crippen LogP contribution in [0.3, 0.4) is 0 Å². The van der Waals surface area contributed by atoms with Gasteiger partial charge in [0.2, 0.25) is 0 Å². The minimum Gasteiger partial charge on any atom is -0.493 e. The summed E-state index contributed by atoms with van der Waals surface area (Å²) in [6, 6.07) is 9.67. The van der Waals surface area contributed by atoms with Crippen LogP contribution in [-0.4, -0.2) is 38.6 Å². The van der Waals surface area contributed by atoms with Crippen molar-refractivity contribution in [2.75, 3.05) is 14.2 Å². The number of aryl methyl sites for hydroxylation is 1. The molecule has 1 unspecified atom stereocenters. The van der Waals surface area contributed by atoms with Gasteiger partial charge in [0.1, 0.15) is 6.33 Å². The second-order valence-electron chi connectivity index (χ2n) is 7.03. The summed E-state index contributed by atoms with van der Waals surface area (Å²) in [5, 5.41) is 5.98. The van der Waals surface area contributed by atoms with Gasteiger partial charge in [-0.1, -0.05) is 12.1 Å². The number of methoxy groups -OCH3 is 2. The summed E-state index contributed by atoms with van der Waals surface area (Å²) in [5.74, 6) is 1.23. The summed E-state index contributed by atoms with van der Waals surface area (Å²) in [6.07, 6.45) is 3.61. The van der Waals surface area contributed by atoms with Crippen LogP contribution in [-0.2, 0) is 23.1 Å². The number of aromatic nitrogens is 2. The van der Waals surface area contributed by atoms with Crippen LogP contribution in [0.2, 0.25) is 0 Å². The Morgan fingerprint density at radius 1 is 1.07 bits per heavy atom. The molecule has 1 atom stereocenters. The van der Waals surface area contributed by atoms with Crippen molar-refractivity contribution in [2.24, 2.45) is 5.14 Å². The Kier molecular flexibility index (Phi) is 5.12. The van der Waals surface area contributed by atoms with Crippen LogP contribution in [0.4, 0.5) is 0 Å². The van der Waals surface area contributed by atoms with Gasteiger partial charge in [-0.25, -0.2) is 15.1 Å². The van der Waals surface area contributed by atoms with E-state index in [4.69, 9.17) is 14.6 Å². The fourth-order valence-corrected chi connectivity index (χ4v) is 4.51. The van der Waals surface area contributed by atoms with Gasteiger partial charge in [-0.05, 0) is 42.5 Å². The molecule has 9 heteroatoms. The lowest BCUT2D eigenvalue weighted by molar-refractivity contribution is 0.356. The lowest BCUT2D eigenvalue weighted by atomic mass is 9.87. The topological polar surface area (TPSA) is 116 Å². The maximum absolute atomic E-state index is 11.3. The van der Waals surface area contributed by atoms with Crippen molar-refractivity contribution in [1.29, 1.82) is 0 Å². The van der Waals surface area contributed by atoms with Crippen LogP contribution in [0.5, 0.6) is 11.5 Å². The maximum atomic E-state index is 11.3. The lowest BCUT2D eigenvalue weighted by Crippen LogP contribution is -2.42. The number of ether oxygens (including phenoxy) is 2. The normalized spacial score (nSPS) is 16.4. The average Bonchev–Trinajstić information content (AvgIpc) is 2.70. The van der Waals surface area contributed by atoms with E-state index in [1.54, 1.807) is 14.2 Å². The SMILES string of the molecule is COc1cc2ncnc(-c3ccc4c(c3)CCC(NS(N)(=O)=O)C4)c2cc1OC. The molecule has 0 spiro atoms. The van der Waals surface area contributed by atoms with Gasteiger partial charge in [0.05, 0.1) is 25.4 Å². The monoisotopic (exact) mass is 414 g/mol. The first kappa shape index (κ1) is 19.6. The summed E-state index contributed by atoms with van der Waals surface area (Å²) >= 11 is 0. The molecule has 1 aromatic heterocycles. The van der Waals surface area contributed by atoms with E-state index >= 15 is 0 Å². The first-order valence-electron chi connectivity index (χ1n) is 9.17. The quantitative estimate of drug-likeness (QED) is 0.659. The molecular formula is C20H22N4O4S. The number of hydrogen-bond donors (Lipinski definition) is 2. The van der Waals surface area contributed by atoms with E-state index in [0.717, 1.165) is 34.1 Å². The summed E-state index contributed by atoms with van der Waals surface area (Å²) in [6.45, 7) is 0. The van der Waals surface area contributed by atoms with E-state index in [1.807, 2.05) is 24.3 Å². The first-order chi connectivity index (χ1) is 13.9. The molecule has 2 aromatic carbocycles. The summed E-state index contributed by atoms with van der Waals surface area (Å²) < 4.78 is 35.9. The second-order valence-corrected chi connectivity index (χ2v) is 8.36. The second kappa shape index (κ2) is 7.58. The van der Waals surface area contributed by atoms with Crippen LogP contribution < -0.4 is 19.3 Å². The predicted octanol–water partition coefficient (Wildman–Crippen LogP) is 1.96. The van der Waals surface area contributed by atoms with Gasteiger partial charge in [0.25, 0.3) is 10.2 Å². The molecule has 1 aliphatic carbocycles. The van der Waals surface area contributed by atoms with E-state index in [1.165, 1.54) is 11.9 Å². The largest absolute Gasteiger partial charge is 0.493 e. The Labute approximate surface area is 169 Å². The molecule has 0 saturated heterocycles. The molecule has 4 rings (SSSR count). The van der Waals surface area contributed by atoms with Gasteiger partial charge in [-0.15, -0.1) is 0 Å². The summed E-state index contributed by atoms with van der Waals surface area (Å²) in [5.41, 5.74) is 4.84. The Balaban J connectivity index is 1.72. The molecule has 0 aliphatic heterocycles. The van der Waals surface area contributed by atoms with Crippen molar-refractivity contribution in [3.8, 4) is 22.8 Å². The zero-order valence-corrected chi connectivity index (χ0v) is 17.0. The molecule has 29 heavy (non-hydrogen) atoms. The molecule has 3 aromatic rings. The Morgan fingerprint density at radius 3 is 2.55 bits per heavy atom. The molecule has 1 heterocycles. The van der Waals surface area contributed by atoms with E-state index < -0.39 is 10.2 Å². The molecular weight excluding hydrogens is 392 g/mol. The van der Waals surface area contributed by atoms with Gasteiger partial charge >= 0.3 is 0 Å². The van der Waals surface area contributed by atoms with Crippen molar-refractivity contribution in [3.05, 3.63) is 47.8 Å². The Hall–Kier alpha value is -2.75. The molecule has 3 N–H and O–H groups in total. The Morgan fingerprint density at radius 2 is 1.83 bits per heavy atom. The molecule has 0 amide bonds. The van der Waals surface area contributed by atoms with Crippen LogP contribution >= 0.6 is 0 Å². The highest BCUT2D eigenvalue weighted by molar-refractivity contribution is 7.87. The van der Waals surface area contributed by atoms with E-state index in [-0.39, 0.29) is 6.04 Å². The van der Waals surface area contributed by atoms with Crippen molar-refractivity contribution in [2.45, 2.75) is 25.3 Å². The standard InChI is InChI=1S/C20H22N4O4S/c1-27-18-9-16-17(10-19(18)28-2)22-11-23-20(16)14-4-3-13-8-15(24-29(21,25)26)6-5-12(13)7-14/h3-4,7,9-11,15,24H,5-6,8H2,1-2H3,(H2,21,25,26). The van der Waals surface area contributed by atoms with Crippen LogP contribution in [0.1, 0.15) is 17.5 Å². The number of nitrogens with one attached hydrogen (secondary N) is 1. The van der Waals surface area contributed by atoms with Crippen molar-refractivity contribution < 1.29 is 17.9 Å². The van der Waals surface area contributed by atoms with Gasteiger partial charge < -0.3 is 9.47 Å². The molecule has 1 aliphatic rings. The number of fused-ring (bicyclic) bond motifs is 2. The maximum Gasteiger partial charge on any atom is 0.274 e.